The molecule has 0 amide bonds. The van der Waals surface area contributed by atoms with Gasteiger partial charge in [0.05, 0.1) is 25.2 Å². The van der Waals surface area contributed by atoms with E-state index >= 15 is 0 Å². The maximum atomic E-state index is 12.8. The Morgan fingerprint density at radius 3 is 2.44 bits per heavy atom. The number of hydrogen-bond donors (Lipinski definition) is 0. The van der Waals surface area contributed by atoms with Crippen LogP contribution in [0.25, 0.3) is 28.2 Å². The first kappa shape index (κ1) is 20.9. The highest BCUT2D eigenvalue weighted by atomic mass is 16.5. The van der Waals surface area contributed by atoms with Crippen LogP contribution in [-0.2, 0) is 4.79 Å². The monoisotopic (exact) mass is 428 g/mol. The quantitative estimate of drug-likeness (QED) is 0.242. The molecule has 3 aromatic carbocycles. The second kappa shape index (κ2) is 9.22. The summed E-state index contributed by atoms with van der Waals surface area (Å²) in [5.74, 6) is 0.861. The molecule has 6 nitrogen and oxygen atoms in total. The van der Waals surface area contributed by atoms with Crippen LogP contribution in [0.3, 0.4) is 0 Å². The fourth-order valence-electron chi connectivity index (χ4n) is 3.26. The molecule has 1 aromatic heterocycles. The van der Waals surface area contributed by atoms with Crippen LogP contribution in [0.4, 0.5) is 0 Å². The number of rotatable bonds is 6. The van der Waals surface area contributed by atoms with Gasteiger partial charge >= 0.3 is 5.97 Å². The molecule has 0 radical (unpaired) electrons. The molecule has 0 spiro atoms. The van der Waals surface area contributed by atoms with Gasteiger partial charge in [0.1, 0.15) is 17.6 Å². The van der Waals surface area contributed by atoms with Crippen LogP contribution in [0.1, 0.15) is 5.56 Å². The summed E-state index contributed by atoms with van der Waals surface area (Å²) in [5.41, 5.74) is 2.18. The molecule has 0 saturated heterocycles. The van der Waals surface area contributed by atoms with Crippen LogP contribution in [0, 0.1) is 0 Å². The number of carbonyl (C=O) groups is 1. The smallest absolute Gasteiger partial charge is 0.336 e. The Kier molecular flexibility index (Phi) is 6.03. The van der Waals surface area contributed by atoms with Crippen LogP contribution in [0.15, 0.2) is 88.3 Å². The molecule has 32 heavy (non-hydrogen) atoms. The van der Waals surface area contributed by atoms with E-state index in [2.05, 4.69) is 0 Å². The van der Waals surface area contributed by atoms with Crippen molar-refractivity contribution in [2.45, 2.75) is 0 Å². The van der Waals surface area contributed by atoms with Crippen LogP contribution < -0.4 is 19.6 Å². The Hall–Kier alpha value is -4.32. The van der Waals surface area contributed by atoms with Gasteiger partial charge in [0, 0.05) is 12.1 Å². The topological polar surface area (TPSA) is 75.0 Å². The van der Waals surface area contributed by atoms with Crippen molar-refractivity contribution < 1.29 is 23.4 Å². The van der Waals surface area contributed by atoms with Crippen LogP contribution in [0.5, 0.6) is 17.2 Å². The molecule has 0 N–H and O–H groups in total. The van der Waals surface area contributed by atoms with Crippen molar-refractivity contribution in [1.29, 1.82) is 0 Å². The lowest BCUT2D eigenvalue weighted by atomic mass is 10.1. The fourth-order valence-corrected chi connectivity index (χ4v) is 3.26. The second-order valence-corrected chi connectivity index (χ2v) is 6.87. The van der Waals surface area contributed by atoms with Crippen molar-refractivity contribution in [1.82, 2.24) is 0 Å². The number of fused-ring (bicyclic) bond motifs is 1. The number of esters is 1. The fraction of sp³-hybridized carbons (Fsp3) is 0.0769. The predicted octanol–water partition coefficient (Wildman–Crippen LogP) is 5.10. The molecular weight excluding hydrogens is 408 g/mol. The van der Waals surface area contributed by atoms with Gasteiger partial charge in [0.25, 0.3) is 0 Å². The first-order valence-electron chi connectivity index (χ1n) is 9.82. The molecule has 160 valence electrons. The van der Waals surface area contributed by atoms with Crippen molar-refractivity contribution in [2.24, 2.45) is 0 Å². The van der Waals surface area contributed by atoms with E-state index in [-0.39, 0.29) is 11.2 Å². The minimum Gasteiger partial charge on any atom is -0.493 e. The molecule has 0 aliphatic heterocycles. The Morgan fingerprint density at radius 1 is 0.906 bits per heavy atom. The third-order valence-corrected chi connectivity index (χ3v) is 4.87. The summed E-state index contributed by atoms with van der Waals surface area (Å²) < 4.78 is 21.5. The highest BCUT2D eigenvalue weighted by Crippen LogP contribution is 2.28. The maximum Gasteiger partial charge on any atom is 0.336 e. The summed E-state index contributed by atoms with van der Waals surface area (Å²) in [4.78, 5) is 25.1. The Balaban J connectivity index is 1.52. The van der Waals surface area contributed by atoms with E-state index in [1.54, 1.807) is 50.6 Å². The summed E-state index contributed by atoms with van der Waals surface area (Å²) in [6.07, 6.45) is 4.33. The zero-order valence-electron chi connectivity index (χ0n) is 17.5. The van der Waals surface area contributed by atoms with E-state index in [4.69, 9.17) is 18.6 Å². The lowest BCUT2D eigenvalue weighted by molar-refractivity contribution is -0.128. The highest BCUT2D eigenvalue weighted by Gasteiger charge is 2.11. The number of benzene rings is 3. The molecule has 0 aliphatic rings. The van der Waals surface area contributed by atoms with Gasteiger partial charge in [-0.1, -0.05) is 36.4 Å². The van der Waals surface area contributed by atoms with Gasteiger partial charge in [-0.15, -0.1) is 0 Å². The number of hydrogen-bond acceptors (Lipinski definition) is 6. The van der Waals surface area contributed by atoms with E-state index in [1.807, 2.05) is 30.3 Å². The number of ether oxygens (including phenoxy) is 3. The maximum absolute atomic E-state index is 12.8. The van der Waals surface area contributed by atoms with Crippen molar-refractivity contribution in [2.75, 3.05) is 14.2 Å². The summed E-state index contributed by atoms with van der Waals surface area (Å²) in [5, 5.41) is 0.409. The Labute approximate surface area is 184 Å². The van der Waals surface area contributed by atoms with Gasteiger partial charge in [-0.2, -0.15) is 0 Å². The van der Waals surface area contributed by atoms with Gasteiger partial charge < -0.3 is 18.6 Å². The zero-order valence-corrected chi connectivity index (χ0v) is 17.5. The molecule has 0 saturated carbocycles. The van der Waals surface area contributed by atoms with E-state index in [1.165, 1.54) is 18.4 Å². The molecule has 0 fully saturated rings. The summed E-state index contributed by atoms with van der Waals surface area (Å²) in [6.45, 7) is 0. The lowest BCUT2D eigenvalue weighted by Crippen LogP contribution is -2.06. The average molecular weight is 428 g/mol. The molecular formula is C26H20O6. The largest absolute Gasteiger partial charge is 0.493 e. The lowest BCUT2D eigenvalue weighted by Gasteiger charge is -2.07. The highest BCUT2D eigenvalue weighted by molar-refractivity contribution is 5.90. The van der Waals surface area contributed by atoms with Crippen molar-refractivity contribution in [3.63, 3.8) is 0 Å². The van der Waals surface area contributed by atoms with Crippen molar-refractivity contribution in [3.05, 3.63) is 94.9 Å². The van der Waals surface area contributed by atoms with Crippen LogP contribution >= 0.6 is 0 Å². The van der Waals surface area contributed by atoms with E-state index in [9.17, 15) is 9.59 Å². The SMILES string of the molecule is COc1ccc(C=CC(=O)Oc2ccc3c(=O)c(-c4ccccc4)coc3c2)cc1OC. The number of carbonyl (C=O) groups excluding carboxylic acids is 1. The Morgan fingerprint density at radius 2 is 1.69 bits per heavy atom. The molecule has 0 aliphatic carbocycles. The van der Waals surface area contributed by atoms with E-state index in [0.29, 0.717) is 28.0 Å². The van der Waals surface area contributed by atoms with Gasteiger partial charge in [0.15, 0.2) is 16.9 Å². The summed E-state index contributed by atoms with van der Waals surface area (Å²) >= 11 is 0. The molecule has 4 rings (SSSR count). The summed E-state index contributed by atoms with van der Waals surface area (Å²) in [6, 6.07) is 19.3. The molecule has 6 heteroatoms. The second-order valence-electron chi connectivity index (χ2n) is 6.87. The zero-order chi connectivity index (χ0) is 22.5. The first-order chi connectivity index (χ1) is 15.6. The minimum absolute atomic E-state index is 0.149. The van der Waals surface area contributed by atoms with Crippen LogP contribution in [-0.4, -0.2) is 20.2 Å². The van der Waals surface area contributed by atoms with E-state index in [0.717, 1.165) is 11.1 Å². The molecule has 1 heterocycles. The third-order valence-electron chi connectivity index (χ3n) is 4.87. The molecule has 0 unspecified atom stereocenters. The molecule has 4 aromatic rings. The first-order valence-corrected chi connectivity index (χ1v) is 9.82. The minimum atomic E-state index is -0.567. The van der Waals surface area contributed by atoms with Gasteiger partial charge in [-0.05, 0) is 41.5 Å². The van der Waals surface area contributed by atoms with Gasteiger partial charge in [-0.25, -0.2) is 4.79 Å². The standard InChI is InChI=1S/C26H20O6/c1-29-22-12-8-17(14-24(22)30-2)9-13-25(27)32-19-10-11-20-23(15-19)31-16-21(26(20)28)18-6-4-3-5-7-18/h3-16H,1-2H3. The van der Waals surface area contributed by atoms with Crippen molar-refractivity contribution in [3.8, 4) is 28.4 Å². The normalized spacial score (nSPS) is 10.9. The van der Waals surface area contributed by atoms with Gasteiger partial charge in [-0.3, -0.25) is 4.79 Å². The van der Waals surface area contributed by atoms with Crippen LogP contribution in [0.2, 0.25) is 0 Å². The van der Waals surface area contributed by atoms with Gasteiger partial charge in [0.2, 0.25) is 0 Å². The van der Waals surface area contributed by atoms with Crippen molar-refractivity contribution >= 4 is 23.0 Å². The summed E-state index contributed by atoms with van der Waals surface area (Å²) in [7, 11) is 3.10. The van der Waals surface area contributed by atoms with E-state index < -0.39 is 5.97 Å². The molecule has 0 atom stereocenters. The third kappa shape index (κ3) is 4.39. The Bertz CT molecular complexity index is 1350. The average Bonchev–Trinajstić information content (AvgIpc) is 2.83. The molecule has 0 bridgehead atoms. The predicted molar refractivity (Wildman–Crippen MR) is 122 cm³/mol. The number of methoxy groups -OCH3 is 2.